The first kappa shape index (κ1) is 20.5. The number of fused-ring (bicyclic) bond motifs is 1. The molecule has 10 heteroatoms. The molecule has 0 unspecified atom stereocenters. The van der Waals surface area contributed by atoms with Crippen molar-refractivity contribution in [3.63, 3.8) is 0 Å². The summed E-state index contributed by atoms with van der Waals surface area (Å²) in [7, 11) is 1.91. The minimum atomic E-state index is -4.85. The maximum Gasteiger partial charge on any atom is 0.471 e. The highest BCUT2D eigenvalue weighted by Crippen LogP contribution is 2.52. The molecule has 0 bridgehead atoms. The van der Waals surface area contributed by atoms with E-state index in [1.54, 1.807) is 24.8 Å². The van der Waals surface area contributed by atoms with Crippen LogP contribution >= 0.6 is 0 Å². The van der Waals surface area contributed by atoms with Gasteiger partial charge in [-0.15, -0.1) is 0 Å². The van der Waals surface area contributed by atoms with E-state index in [2.05, 4.69) is 15.3 Å². The van der Waals surface area contributed by atoms with Gasteiger partial charge in [0, 0.05) is 48.6 Å². The molecule has 2 amide bonds. The Bertz CT molecular complexity index is 1220. The lowest BCUT2D eigenvalue weighted by atomic mass is 9.57. The number of benzene rings is 1. The van der Waals surface area contributed by atoms with Gasteiger partial charge in [0.05, 0.1) is 18.2 Å². The number of likely N-dealkylation sites (tertiary alicyclic amines) is 1. The lowest BCUT2D eigenvalue weighted by Crippen LogP contribution is -2.66. The molecule has 1 N–H and O–H groups in total. The summed E-state index contributed by atoms with van der Waals surface area (Å²) in [6.07, 6.45) is 1.29. The van der Waals surface area contributed by atoms with Crippen LogP contribution in [0.2, 0.25) is 0 Å². The van der Waals surface area contributed by atoms with E-state index in [1.807, 2.05) is 29.8 Å². The molecule has 5 rings (SSSR count). The first-order valence-electron chi connectivity index (χ1n) is 10.2. The molecular formula is C22H20F3N5O2. The summed E-state index contributed by atoms with van der Waals surface area (Å²) in [6, 6.07) is 7.74. The van der Waals surface area contributed by atoms with Crippen molar-refractivity contribution in [1.29, 1.82) is 0 Å². The van der Waals surface area contributed by atoms with E-state index in [0.717, 1.165) is 26.9 Å². The predicted molar refractivity (Wildman–Crippen MR) is 110 cm³/mol. The molecule has 3 heterocycles. The van der Waals surface area contributed by atoms with Gasteiger partial charge in [-0.3, -0.25) is 9.59 Å². The summed E-state index contributed by atoms with van der Waals surface area (Å²) in [4.78, 5) is 33.1. The molecule has 1 saturated carbocycles. The summed E-state index contributed by atoms with van der Waals surface area (Å²) in [5, 5.41) is 4.66. The minimum Gasteiger partial charge on any atom is -0.334 e. The molecule has 2 fully saturated rings. The number of hydrogen-bond donors (Lipinski definition) is 1. The van der Waals surface area contributed by atoms with Crippen LogP contribution in [0.4, 0.5) is 19.0 Å². The predicted octanol–water partition coefficient (Wildman–Crippen LogP) is 3.37. The van der Waals surface area contributed by atoms with E-state index in [9.17, 15) is 22.8 Å². The summed E-state index contributed by atoms with van der Waals surface area (Å²) >= 11 is 0. The number of rotatable bonds is 3. The Hall–Kier alpha value is -3.43. The second kappa shape index (κ2) is 7.04. The van der Waals surface area contributed by atoms with Gasteiger partial charge in [-0.25, -0.2) is 9.97 Å². The van der Waals surface area contributed by atoms with Gasteiger partial charge in [0.25, 0.3) is 0 Å². The lowest BCUT2D eigenvalue weighted by molar-refractivity contribution is -0.203. The highest BCUT2D eigenvalue weighted by molar-refractivity contribution is 5.95. The van der Waals surface area contributed by atoms with Gasteiger partial charge >= 0.3 is 12.1 Å². The number of aromatic nitrogens is 3. The highest BCUT2D eigenvalue weighted by atomic mass is 19.4. The Morgan fingerprint density at radius 1 is 1.12 bits per heavy atom. The lowest BCUT2D eigenvalue weighted by Gasteiger charge is -2.58. The molecule has 0 atom stereocenters. The molecule has 1 aliphatic carbocycles. The van der Waals surface area contributed by atoms with Gasteiger partial charge in [0.1, 0.15) is 5.82 Å². The molecule has 166 valence electrons. The molecule has 3 aromatic rings. The first-order chi connectivity index (χ1) is 15.1. The second-order valence-corrected chi connectivity index (χ2v) is 8.77. The Morgan fingerprint density at radius 3 is 2.53 bits per heavy atom. The standard InChI is InChI=1S/C22H20F3N5O2/c1-29-12-26-9-17(29)13-2-3-14-8-27-18(5-15(14)4-13)28-19(31)16-6-21(7-16)10-30(11-21)20(32)22(23,24)25/h2-5,8-9,12,16H,6-7,10-11H2,1H3,(H,27,28,31). The molecule has 1 aliphatic heterocycles. The van der Waals surface area contributed by atoms with Crippen molar-refractivity contribution in [2.45, 2.75) is 19.0 Å². The molecule has 1 aromatic carbocycles. The number of pyridine rings is 1. The van der Waals surface area contributed by atoms with Crippen LogP contribution in [0.15, 0.2) is 43.0 Å². The fourth-order valence-electron chi connectivity index (χ4n) is 4.75. The van der Waals surface area contributed by atoms with Gasteiger partial charge in [0.15, 0.2) is 0 Å². The molecular weight excluding hydrogens is 423 g/mol. The molecule has 1 spiro atoms. The van der Waals surface area contributed by atoms with E-state index in [1.165, 1.54) is 0 Å². The van der Waals surface area contributed by atoms with Crippen molar-refractivity contribution in [2.24, 2.45) is 18.4 Å². The maximum absolute atomic E-state index is 12.6. The molecule has 32 heavy (non-hydrogen) atoms. The number of halogens is 3. The van der Waals surface area contributed by atoms with Crippen LogP contribution in [0.1, 0.15) is 12.8 Å². The third-order valence-electron chi connectivity index (χ3n) is 6.40. The van der Waals surface area contributed by atoms with Gasteiger partial charge in [-0.2, -0.15) is 13.2 Å². The van der Waals surface area contributed by atoms with E-state index in [-0.39, 0.29) is 30.3 Å². The van der Waals surface area contributed by atoms with Crippen LogP contribution in [-0.4, -0.2) is 50.5 Å². The molecule has 1 saturated heterocycles. The summed E-state index contributed by atoms with van der Waals surface area (Å²) < 4.78 is 39.4. The molecule has 2 aromatic heterocycles. The maximum atomic E-state index is 12.6. The summed E-state index contributed by atoms with van der Waals surface area (Å²) in [5.41, 5.74) is 1.59. The van der Waals surface area contributed by atoms with Crippen LogP contribution in [-0.2, 0) is 16.6 Å². The van der Waals surface area contributed by atoms with Crippen molar-refractivity contribution in [1.82, 2.24) is 19.4 Å². The molecule has 0 radical (unpaired) electrons. The number of amides is 2. The number of nitrogens with zero attached hydrogens (tertiary/aromatic N) is 4. The number of nitrogens with one attached hydrogen (secondary N) is 1. The third-order valence-corrected chi connectivity index (χ3v) is 6.40. The van der Waals surface area contributed by atoms with Crippen molar-refractivity contribution < 1.29 is 22.8 Å². The van der Waals surface area contributed by atoms with Crippen LogP contribution in [0.5, 0.6) is 0 Å². The van der Waals surface area contributed by atoms with Crippen molar-refractivity contribution in [3.8, 4) is 11.3 Å². The summed E-state index contributed by atoms with van der Waals surface area (Å²) in [5.74, 6) is -1.88. The van der Waals surface area contributed by atoms with Crippen LogP contribution in [0, 0.1) is 11.3 Å². The van der Waals surface area contributed by atoms with Gasteiger partial charge in [-0.05, 0) is 30.4 Å². The largest absolute Gasteiger partial charge is 0.471 e. The Labute approximate surface area is 181 Å². The Morgan fingerprint density at radius 2 is 1.88 bits per heavy atom. The number of alkyl halides is 3. The Balaban J connectivity index is 1.22. The number of aryl methyl sites for hydroxylation is 1. The van der Waals surface area contributed by atoms with Crippen molar-refractivity contribution in [2.75, 3.05) is 18.4 Å². The van der Waals surface area contributed by atoms with Gasteiger partial charge in [0.2, 0.25) is 5.91 Å². The van der Waals surface area contributed by atoms with E-state index in [4.69, 9.17) is 0 Å². The average Bonchev–Trinajstić information content (AvgIpc) is 3.10. The zero-order valence-electron chi connectivity index (χ0n) is 17.2. The number of hydrogen-bond acceptors (Lipinski definition) is 4. The number of carbonyl (C=O) groups is 2. The average molecular weight is 443 g/mol. The monoisotopic (exact) mass is 443 g/mol. The fraction of sp³-hybridized carbons (Fsp3) is 0.364. The number of anilines is 1. The number of carbonyl (C=O) groups excluding carboxylic acids is 2. The zero-order chi connectivity index (χ0) is 22.7. The SMILES string of the molecule is Cn1cncc1-c1ccc2cnc(NC(=O)C3CC4(C3)CN(C(=O)C(F)(F)F)C4)cc2c1. The molecule has 7 nitrogen and oxygen atoms in total. The Kier molecular flexibility index (Phi) is 4.51. The van der Waals surface area contributed by atoms with Gasteiger partial charge in [-0.1, -0.05) is 12.1 Å². The smallest absolute Gasteiger partial charge is 0.334 e. The third kappa shape index (κ3) is 3.49. The minimum absolute atomic E-state index is 0.0557. The van der Waals surface area contributed by atoms with Crippen molar-refractivity contribution >= 4 is 28.4 Å². The van der Waals surface area contributed by atoms with Crippen LogP contribution in [0.25, 0.3) is 22.0 Å². The normalized spacial score (nSPS) is 17.8. The topological polar surface area (TPSA) is 80.1 Å². The van der Waals surface area contributed by atoms with Crippen LogP contribution in [0.3, 0.4) is 0 Å². The van der Waals surface area contributed by atoms with E-state index < -0.39 is 12.1 Å². The highest BCUT2D eigenvalue weighted by Gasteiger charge is 2.58. The van der Waals surface area contributed by atoms with Crippen LogP contribution < -0.4 is 5.32 Å². The quantitative estimate of drug-likeness (QED) is 0.673. The van der Waals surface area contributed by atoms with E-state index >= 15 is 0 Å². The van der Waals surface area contributed by atoms with Crippen molar-refractivity contribution in [3.05, 3.63) is 43.0 Å². The zero-order valence-corrected chi connectivity index (χ0v) is 17.2. The first-order valence-corrected chi connectivity index (χ1v) is 10.2. The van der Waals surface area contributed by atoms with Gasteiger partial charge < -0.3 is 14.8 Å². The summed E-state index contributed by atoms with van der Waals surface area (Å²) in [6.45, 7) is 0.111. The number of imidazole rings is 1. The molecule has 2 aliphatic rings. The second-order valence-electron chi connectivity index (χ2n) is 8.77. The fourth-order valence-corrected chi connectivity index (χ4v) is 4.75. The van der Waals surface area contributed by atoms with E-state index in [0.29, 0.717) is 18.7 Å².